The van der Waals surface area contributed by atoms with Crippen molar-refractivity contribution in [3.8, 4) is 0 Å². The summed E-state index contributed by atoms with van der Waals surface area (Å²) < 4.78 is 0. The third kappa shape index (κ3) is 4.36. The summed E-state index contributed by atoms with van der Waals surface area (Å²) >= 11 is 0. The normalized spacial score (nSPS) is 29.6. The average Bonchev–Trinajstić information content (AvgIpc) is 2.40. The number of hydrogen-bond donors (Lipinski definition) is 2. The van der Waals surface area contributed by atoms with Crippen molar-refractivity contribution >= 4 is 18.3 Å². The number of carbonyl (C=O) groups is 1. The maximum Gasteiger partial charge on any atom is 0.240 e. The van der Waals surface area contributed by atoms with Crippen LogP contribution < -0.4 is 11.1 Å². The molecule has 1 amide bonds. The van der Waals surface area contributed by atoms with Crippen LogP contribution >= 0.6 is 12.4 Å². The van der Waals surface area contributed by atoms with Crippen molar-refractivity contribution in [3.05, 3.63) is 0 Å². The quantitative estimate of drug-likeness (QED) is 0.839. The number of hydrogen-bond acceptors (Lipinski definition) is 2. The minimum absolute atomic E-state index is 0. The fraction of sp³-hybridized carbons (Fsp3) is 0.938. The van der Waals surface area contributed by atoms with E-state index in [1.54, 1.807) is 0 Å². The molecule has 3 N–H and O–H groups in total. The molecule has 2 atom stereocenters. The molecule has 2 saturated carbocycles. The zero-order chi connectivity index (χ0) is 13.9. The van der Waals surface area contributed by atoms with Crippen molar-refractivity contribution in [2.45, 2.75) is 83.2 Å². The van der Waals surface area contributed by atoms with E-state index in [4.69, 9.17) is 5.73 Å². The minimum Gasteiger partial charge on any atom is -0.352 e. The van der Waals surface area contributed by atoms with Crippen molar-refractivity contribution in [2.24, 2.45) is 17.6 Å². The second-order valence-corrected chi connectivity index (χ2v) is 7.06. The molecule has 0 aromatic rings. The van der Waals surface area contributed by atoms with Crippen molar-refractivity contribution in [2.75, 3.05) is 0 Å². The highest BCUT2D eigenvalue weighted by atomic mass is 35.5. The standard InChI is InChI=1S/C16H30N2O.ClH/c1-12(2)13-7-6-8-14(11-13)18-15(19)16(17)9-4-3-5-10-16;/h12-14H,3-11,17H2,1-2H3,(H,18,19);1H. The maximum atomic E-state index is 12.4. The molecular weight excluding hydrogens is 272 g/mol. The van der Waals surface area contributed by atoms with Gasteiger partial charge < -0.3 is 11.1 Å². The Morgan fingerprint density at radius 2 is 1.80 bits per heavy atom. The van der Waals surface area contributed by atoms with Gasteiger partial charge in [-0.1, -0.05) is 46.0 Å². The molecule has 2 aliphatic rings. The van der Waals surface area contributed by atoms with Crippen molar-refractivity contribution < 1.29 is 4.79 Å². The third-order valence-electron chi connectivity index (χ3n) is 5.19. The van der Waals surface area contributed by atoms with Gasteiger partial charge in [0.05, 0.1) is 5.54 Å². The molecule has 3 nitrogen and oxygen atoms in total. The SMILES string of the molecule is CC(C)C1CCCC(NC(=O)C2(N)CCCCC2)C1.Cl. The third-order valence-corrected chi connectivity index (χ3v) is 5.19. The number of carbonyl (C=O) groups excluding carboxylic acids is 1. The molecule has 0 heterocycles. The summed E-state index contributed by atoms with van der Waals surface area (Å²) in [5.41, 5.74) is 5.72. The Labute approximate surface area is 129 Å². The van der Waals surface area contributed by atoms with Crippen LogP contribution in [0.4, 0.5) is 0 Å². The first-order valence-electron chi connectivity index (χ1n) is 8.11. The smallest absolute Gasteiger partial charge is 0.240 e. The Morgan fingerprint density at radius 3 is 2.40 bits per heavy atom. The molecule has 2 rings (SSSR count). The van der Waals surface area contributed by atoms with Gasteiger partial charge in [0.15, 0.2) is 0 Å². The molecule has 118 valence electrons. The topological polar surface area (TPSA) is 55.1 Å². The lowest BCUT2D eigenvalue weighted by Gasteiger charge is -2.36. The molecule has 4 heteroatoms. The van der Waals surface area contributed by atoms with E-state index in [0.29, 0.717) is 6.04 Å². The van der Waals surface area contributed by atoms with Gasteiger partial charge in [-0.2, -0.15) is 0 Å². The lowest BCUT2D eigenvalue weighted by atomic mass is 9.78. The Hall–Kier alpha value is -0.280. The second kappa shape index (κ2) is 7.65. The number of nitrogens with one attached hydrogen (secondary N) is 1. The molecule has 0 aromatic carbocycles. The molecule has 20 heavy (non-hydrogen) atoms. The fourth-order valence-electron chi connectivity index (χ4n) is 3.70. The van der Waals surface area contributed by atoms with E-state index in [-0.39, 0.29) is 18.3 Å². The molecular formula is C16H31ClN2O. The van der Waals surface area contributed by atoms with E-state index in [1.807, 2.05) is 0 Å². The summed E-state index contributed by atoms with van der Waals surface area (Å²) in [4.78, 5) is 12.4. The van der Waals surface area contributed by atoms with Crippen LogP contribution in [0.3, 0.4) is 0 Å². The van der Waals surface area contributed by atoms with Gasteiger partial charge in [0.1, 0.15) is 0 Å². The number of amides is 1. The van der Waals surface area contributed by atoms with Crippen LogP contribution in [0.2, 0.25) is 0 Å². The summed E-state index contributed by atoms with van der Waals surface area (Å²) in [7, 11) is 0. The van der Waals surface area contributed by atoms with E-state index >= 15 is 0 Å². The van der Waals surface area contributed by atoms with Gasteiger partial charge in [-0.3, -0.25) is 4.79 Å². The number of nitrogens with two attached hydrogens (primary N) is 1. The Kier molecular flexibility index (Phi) is 6.80. The highest BCUT2D eigenvalue weighted by Crippen LogP contribution is 2.31. The van der Waals surface area contributed by atoms with Gasteiger partial charge in [0.2, 0.25) is 5.91 Å². The number of halogens is 1. The van der Waals surface area contributed by atoms with E-state index < -0.39 is 5.54 Å². The monoisotopic (exact) mass is 302 g/mol. The average molecular weight is 303 g/mol. The predicted molar refractivity (Wildman–Crippen MR) is 86.0 cm³/mol. The Balaban J connectivity index is 0.00000200. The van der Waals surface area contributed by atoms with Crippen LogP contribution in [0.1, 0.15) is 71.6 Å². The molecule has 0 aromatic heterocycles. The molecule has 2 aliphatic carbocycles. The second-order valence-electron chi connectivity index (χ2n) is 7.06. The van der Waals surface area contributed by atoms with Gasteiger partial charge in [0, 0.05) is 6.04 Å². The minimum atomic E-state index is -0.580. The highest BCUT2D eigenvalue weighted by Gasteiger charge is 2.37. The molecule has 0 bridgehead atoms. The molecule has 2 unspecified atom stereocenters. The zero-order valence-corrected chi connectivity index (χ0v) is 13.8. The summed E-state index contributed by atoms with van der Waals surface area (Å²) in [6.07, 6.45) is 9.98. The van der Waals surface area contributed by atoms with Crippen LogP contribution in [-0.2, 0) is 4.79 Å². The highest BCUT2D eigenvalue weighted by molar-refractivity contribution is 5.86. The lowest BCUT2D eigenvalue weighted by molar-refractivity contribution is -0.128. The van der Waals surface area contributed by atoms with Gasteiger partial charge in [-0.05, 0) is 37.5 Å². The largest absolute Gasteiger partial charge is 0.352 e. The molecule has 0 saturated heterocycles. The molecule has 0 aliphatic heterocycles. The van der Waals surface area contributed by atoms with Crippen LogP contribution in [0.25, 0.3) is 0 Å². The first-order chi connectivity index (χ1) is 9.01. The Bertz CT molecular complexity index is 314. The lowest BCUT2D eigenvalue weighted by Crippen LogP contribution is -2.57. The first kappa shape index (κ1) is 17.8. The van der Waals surface area contributed by atoms with Crippen LogP contribution in [0, 0.1) is 11.8 Å². The van der Waals surface area contributed by atoms with Crippen LogP contribution in [0.15, 0.2) is 0 Å². The van der Waals surface area contributed by atoms with Gasteiger partial charge >= 0.3 is 0 Å². The fourth-order valence-corrected chi connectivity index (χ4v) is 3.70. The van der Waals surface area contributed by atoms with Gasteiger partial charge in [0.25, 0.3) is 0 Å². The molecule has 0 radical (unpaired) electrons. The van der Waals surface area contributed by atoms with Crippen molar-refractivity contribution in [1.29, 1.82) is 0 Å². The summed E-state index contributed by atoms with van der Waals surface area (Å²) in [5, 5.41) is 3.25. The predicted octanol–water partition coefficient (Wildman–Crippen LogP) is 3.40. The maximum absolute atomic E-state index is 12.4. The number of rotatable bonds is 3. The Morgan fingerprint density at radius 1 is 1.15 bits per heavy atom. The van der Waals surface area contributed by atoms with Crippen LogP contribution in [0.5, 0.6) is 0 Å². The van der Waals surface area contributed by atoms with Gasteiger partial charge in [-0.15, -0.1) is 12.4 Å². The molecule has 2 fully saturated rings. The summed E-state index contributed by atoms with van der Waals surface area (Å²) in [6, 6.07) is 0.357. The first-order valence-corrected chi connectivity index (χ1v) is 8.11. The van der Waals surface area contributed by atoms with Crippen LogP contribution in [-0.4, -0.2) is 17.5 Å². The molecule has 0 spiro atoms. The van der Waals surface area contributed by atoms with E-state index in [1.165, 1.54) is 19.3 Å². The van der Waals surface area contributed by atoms with E-state index in [2.05, 4.69) is 19.2 Å². The van der Waals surface area contributed by atoms with Gasteiger partial charge in [-0.25, -0.2) is 0 Å². The van der Waals surface area contributed by atoms with E-state index in [9.17, 15) is 4.79 Å². The zero-order valence-electron chi connectivity index (χ0n) is 13.0. The summed E-state index contributed by atoms with van der Waals surface area (Å²) in [5.74, 6) is 1.60. The van der Waals surface area contributed by atoms with E-state index in [0.717, 1.165) is 50.4 Å². The van der Waals surface area contributed by atoms with Crippen molar-refractivity contribution in [3.63, 3.8) is 0 Å². The van der Waals surface area contributed by atoms with Crippen molar-refractivity contribution in [1.82, 2.24) is 5.32 Å². The summed E-state index contributed by atoms with van der Waals surface area (Å²) in [6.45, 7) is 4.58.